The molecule has 0 saturated heterocycles. The average Bonchev–Trinajstić information content (AvgIpc) is 2.26. The average molecular weight is 211 g/mol. The summed E-state index contributed by atoms with van der Waals surface area (Å²) in [6, 6.07) is 0. The molecule has 1 aliphatic heterocycles. The molecule has 0 radical (unpaired) electrons. The molecule has 80 valence electrons. The number of fused-ring (bicyclic) bond motifs is 1. The van der Waals surface area contributed by atoms with Gasteiger partial charge in [-0.25, -0.2) is 0 Å². The standard InChI is InChI=1S/C13H13N3/c1-5-14-11-7-16-9(3)12-8(2)6-15-10(4)13(11)12/h5-7H,1-2H2,3-4H3. The Bertz CT molecular complexity index is 621. The van der Waals surface area contributed by atoms with Crippen molar-refractivity contribution in [1.29, 1.82) is 0 Å². The highest BCUT2D eigenvalue weighted by molar-refractivity contribution is 6.40. The zero-order valence-corrected chi connectivity index (χ0v) is 9.49. The van der Waals surface area contributed by atoms with Gasteiger partial charge in [0.05, 0.1) is 11.9 Å². The zero-order valence-electron chi connectivity index (χ0n) is 9.49. The summed E-state index contributed by atoms with van der Waals surface area (Å²) in [4.78, 5) is 12.8. The second-order valence-corrected chi connectivity index (χ2v) is 3.66. The lowest BCUT2D eigenvalue weighted by molar-refractivity contribution is 1.14. The number of nitrogens with zero attached hydrogens (tertiary/aromatic N) is 3. The van der Waals surface area contributed by atoms with Crippen LogP contribution in [0.25, 0.3) is 12.3 Å². The highest BCUT2D eigenvalue weighted by Gasteiger charge is 2.13. The van der Waals surface area contributed by atoms with Gasteiger partial charge in [-0.2, -0.15) is 0 Å². The van der Waals surface area contributed by atoms with Gasteiger partial charge in [0.25, 0.3) is 0 Å². The van der Waals surface area contributed by atoms with Crippen LogP contribution in [0, 0.1) is 6.92 Å². The molecule has 1 aliphatic rings. The maximum absolute atomic E-state index is 4.32. The number of rotatable bonds is 1. The van der Waals surface area contributed by atoms with E-state index in [-0.39, 0.29) is 0 Å². The largest absolute Gasteiger partial charge is 0.260 e. The van der Waals surface area contributed by atoms with Gasteiger partial charge in [0.1, 0.15) is 0 Å². The smallest absolute Gasteiger partial charge is 0.0909 e. The number of aryl methyl sites for hydroxylation is 1. The van der Waals surface area contributed by atoms with Crippen molar-refractivity contribution in [3.63, 3.8) is 0 Å². The maximum atomic E-state index is 4.32. The van der Waals surface area contributed by atoms with Gasteiger partial charge in [-0.3, -0.25) is 15.0 Å². The third-order valence-corrected chi connectivity index (χ3v) is 2.58. The summed E-state index contributed by atoms with van der Waals surface area (Å²) in [6.45, 7) is 11.5. The lowest BCUT2D eigenvalue weighted by Crippen LogP contribution is -2.36. The quantitative estimate of drug-likeness (QED) is 0.681. The summed E-state index contributed by atoms with van der Waals surface area (Å²) in [5.74, 6) is 0. The van der Waals surface area contributed by atoms with E-state index in [0.717, 1.165) is 33.1 Å². The molecule has 0 bridgehead atoms. The first-order chi connectivity index (χ1) is 7.65. The molecule has 0 saturated carbocycles. The molecule has 0 aromatic carbocycles. The van der Waals surface area contributed by atoms with Gasteiger partial charge < -0.3 is 0 Å². The lowest BCUT2D eigenvalue weighted by atomic mass is 10.0. The van der Waals surface area contributed by atoms with E-state index < -0.39 is 0 Å². The van der Waals surface area contributed by atoms with Gasteiger partial charge in [-0.15, -0.1) is 0 Å². The van der Waals surface area contributed by atoms with Crippen LogP contribution < -0.4 is 10.4 Å². The molecular formula is C13H13N3. The first kappa shape index (κ1) is 10.5. The van der Waals surface area contributed by atoms with E-state index in [4.69, 9.17) is 0 Å². The third kappa shape index (κ3) is 1.50. The van der Waals surface area contributed by atoms with Gasteiger partial charge in [0, 0.05) is 34.6 Å². The predicted molar refractivity (Wildman–Crippen MR) is 68.1 cm³/mol. The van der Waals surface area contributed by atoms with Crippen molar-refractivity contribution in [2.45, 2.75) is 13.8 Å². The molecular weight excluding hydrogens is 198 g/mol. The van der Waals surface area contributed by atoms with Gasteiger partial charge >= 0.3 is 0 Å². The molecule has 0 fully saturated rings. The number of hydrogen-bond acceptors (Lipinski definition) is 3. The van der Waals surface area contributed by atoms with E-state index in [2.05, 4.69) is 28.1 Å². The van der Waals surface area contributed by atoms with Crippen molar-refractivity contribution in [3.8, 4) is 0 Å². The second kappa shape index (κ2) is 3.85. The van der Waals surface area contributed by atoms with Crippen molar-refractivity contribution < 1.29 is 0 Å². The van der Waals surface area contributed by atoms with E-state index in [1.165, 1.54) is 6.20 Å². The molecule has 2 heterocycles. The molecule has 1 aromatic heterocycles. The minimum absolute atomic E-state index is 0.797. The summed E-state index contributed by atoms with van der Waals surface area (Å²) in [5.41, 5.74) is 3.70. The fourth-order valence-corrected chi connectivity index (χ4v) is 1.86. The van der Waals surface area contributed by atoms with Crippen LogP contribution >= 0.6 is 0 Å². The maximum Gasteiger partial charge on any atom is 0.0909 e. The van der Waals surface area contributed by atoms with Gasteiger partial charge in [-0.1, -0.05) is 13.2 Å². The van der Waals surface area contributed by atoms with Gasteiger partial charge in [0.2, 0.25) is 0 Å². The highest BCUT2D eigenvalue weighted by atomic mass is 14.8. The number of hydrogen-bond donors (Lipinski definition) is 0. The van der Waals surface area contributed by atoms with Gasteiger partial charge in [-0.05, 0) is 19.1 Å². The highest BCUT2D eigenvalue weighted by Crippen LogP contribution is 2.06. The number of aromatic nitrogens is 1. The fraction of sp³-hybridized carbons (Fsp3) is 0.154. The predicted octanol–water partition coefficient (Wildman–Crippen LogP) is 0.945. The van der Waals surface area contributed by atoms with Crippen molar-refractivity contribution in [2.24, 2.45) is 9.98 Å². The van der Waals surface area contributed by atoms with Crippen LogP contribution in [0.2, 0.25) is 0 Å². The number of pyridine rings is 1. The van der Waals surface area contributed by atoms with Crippen LogP contribution in [0.15, 0.2) is 29.0 Å². The summed E-state index contributed by atoms with van der Waals surface area (Å²) in [6.07, 6.45) is 5.03. The van der Waals surface area contributed by atoms with Crippen LogP contribution in [0.4, 0.5) is 0 Å². The normalized spacial score (nSPS) is 16.4. The molecule has 0 unspecified atom stereocenters. The molecule has 2 rings (SSSR count). The summed E-state index contributed by atoms with van der Waals surface area (Å²) < 4.78 is 0. The minimum Gasteiger partial charge on any atom is -0.260 e. The van der Waals surface area contributed by atoms with E-state index in [0.29, 0.717) is 0 Å². The molecule has 3 nitrogen and oxygen atoms in total. The van der Waals surface area contributed by atoms with Crippen molar-refractivity contribution >= 4 is 24.2 Å². The van der Waals surface area contributed by atoms with E-state index in [9.17, 15) is 0 Å². The van der Waals surface area contributed by atoms with Crippen LogP contribution in [0.5, 0.6) is 0 Å². The van der Waals surface area contributed by atoms with Crippen LogP contribution in [0.3, 0.4) is 0 Å². The van der Waals surface area contributed by atoms with Gasteiger partial charge in [0.15, 0.2) is 0 Å². The molecule has 0 aliphatic carbocycles. The van der Waals surface area contributed by atoms with E-state index >= 15 is 0 Å². The summed E-state index contributed by atoms with van der Waals surface area (Å²) >= 11 is 0. The molecule has 0 atom stereocenters. The number of aliphatic imine (C=N–C) groups is 2. The lowest BCUT2D eigenvalue weighted by Gasteiger charge is -2.11. The third-order valence-electron chi connectivity index (χ3n) is 2.58. The Morgan fingerprint density at radius 1 is 1.38 bits per heavy atom. The van der Waals surface area contributed by atoms with E-state index in [1.807, 2.05) is 13.8 Å². The Kier molecular flexibility index (Phi) is 2.52. The molecule has 0 amide bonds. The van der Waals surface area contributed by atoms with Crippen LogP contribution in [-0.2, 0) is 0 Å². The van der Waals surface area contributed by atoms with Crippen molar-refractivity contribution in [1.82, 2.24) is 4.98 Å². The van der Waals surface area contributed by atoms with E-state index in [1.54, 1.807) is 12.4 Å². The Hall–Kier alpha value is -2.03. The molecule has 1 aromatic rings. The van der Waals surface area contributed by atoms with Crippen LogP contribution in [-0.4, -0.2) is 16.9 Å². The second-order valence-electron chi connectivity index (χ2n) is 3.66. The first-order valence-corrected chi connectivity index (χ1v) is 5.03. The summed E-state index contributed by atoms with van der Waals surface area (Å²) in [7, 11) is 0. The minimum atomic E-state index is 0.797. The topological polar surface area (TPSA) is 37.6 Å². The Morgan fingerprint density at radius 3 is 2.81 bits per heavy atom. The Balaban J connectivity index is 2.97. The SMILES string of the molecule is C=CN=C1C=NC(C)=c2c1c(C)ncc2=C. The molecule has 3 heteroatoms. The Morgan fingerprint density at radius 2 is 2.12 bits per heavy atom. The first-order valence-electron chi connectivity index (χ1n) is 5.03. The molecule has 0 spiro atoms. The molecule has 0 N–H and O–H groups in total. The molecule has 16 heavy (non-hydrogen) atoms. The monoisotopic (exact) mass is 211 g/mol. The van der Waals surface area contributed by atoms with Crippen molar-refractivity contribution in [2.75, 3.05) is 0 Å². The summed E-state index contributed by atoms with van der Waals surface area (Å²) in [5, 5.41) is 1.92. The zero-order chi connectivity index (χ0) is 11.7. The Labute approximate surface area is 94.3 Å². The van der Waals surface area contributed by atoms with Crippen LogP contribution in [0.1, 0.15) is 18.2 Å². The van der Waals surface area contributed by atoms with Crippen molar-refractivity contribution in [3.05, 3.63) is 40.7 Å². The fourth-order valence-electron chi connectivity index (χ4n) is 1.86.